The first kappa shape index (κ1) is 48.7. The highest BCUT2D eigenvalue weighted by Gasteiger charge is 2.51. The SMILES string of the molecule is Brc1ccc2c(c1)oc1cc(-c3ccc4c5ccccc5n(-c5ccccc5)c4c3)ccc12.Brc1ccc2c(c1)oc1cc(I)ccc12.CC1(C)OB(c2ccc3c4ccccc4n(-c4ccccc4)c3c2)OC1(C)C. The van der Waals surface area contributed by atoms with Crippen LogP contribution in [0.3, 0.4) is 0 Å². The van der Waals surface area contributed by atoms with Gasteiger partial charge >= 0.3 is 7.12 Å². The van der Waals surface area contributed by atoms with E-state index in [2.05, 4.69) is 285 Å². The fraction of sp³-hybridized carbons (Fsp3) is 0.0909. The second kappa shape index (κ2) is 19.3. The minimum Gasteiger partial charge on any atom is -0.456 e. The molecule has 14 aromatic rings. The van der Waals surface area contributed by atoms with Gasteiger partial charge in [-0.2, -0.15) is 0 Å². The van der Waals surface area contributed by atoms with Crippen LogP contribution in [0.2, 0.25) is 0 Å². The van der Waals surface area contributed by atoms with Gasteiger partial charge in [-0.15, -0.1) is 0 Å². The largest absolute Gasteiger partial charge is 0.494 e. The summed E-state index contributed by atoms with van der Waals surface area (Å²) < 4.78 is 32.5. The van der Waals surface area contributed by atoms with Crippen molar-refractivity contribution in [3.8, 4) is 22.5 Å². The Labute approximate surface area is 470 Å². The summed E-state index contributed by atoms with van der Waals surface area (Å²) in [5.41, 5.74) is 13.5. The summed E-state index contributed by atoms with van der Waals surface area (Å²) in [4.78, 5) is 0. The summed E-state index contributed by atoms with van der Waals surface area (Å²) in [7, 11) is -0.364. The number of fused-ring (bicyclic) bond motifs is 12. The number of furan rings is 2. The molecule has 5 heterocycles. The van der Waals surface area contributed by atoms with E-state index >= 15 is 0 Å². The summed E-state index contributed by atoms with van der Waals surface area (Å²) in [6.45, 7) is 8.36. The van der Waals surface area contributed by atoms with Crippen molar-refractivity contribution in [2.75, 3.05) is 0 Å². The highest BCUT2D eigenvalue weighted by atomic mass is 127. The van der Waals surface area contributed by atoms with E-state index in [0.29, 0.717) is 0 Å². The van der Waals surface area contributed by atoms with Crippen LogP contribution in [0.5, 0.6) is 0 Å². The van der Waals surface area contributed by atoms with Crippen LogP contribution in [0.25, 0.3) is 110 Å². The van der Waals surface area contributed by atoms with Crippen molar-refractivity contribution in [1.82, 2.24) is 9.13 Å². The monoisotopic (exact) mass is 1230 g/mol. The molecule has 1 aliphatic rings. The lowest BCUT2D eigenvalue weighted by Crippen LogP contribution is -2.41. The molecular formula is C66H48BBr2IN2O4. The molecule has 0 aliphatic carbocycles. The van der Waals surface area contributed by atoms with Gasteiger partial charge in [0.15, 0.2) is 0 Å². The maximum Gasteiger partial charge on any atom is 0.494 e. The molecule has 0 amide bonds. The van der Waals surface area contributed by atoms with Crippen molar-refractivity contribution in [3.05, 3.63) is 231 Å². The van der Waals surface area contributed by atoms with Gasteiger partial charge in [0.05, 0.1) is 33.3 Å². The predicted octanol–water partition coefficient (Wildman–Crippen LogP) is 19.1. The van der Waals surface area contributed by atoms with Gasteiger partial charge in [-0.05, 0) is 182 Å². The number of benzene rings is 10. The minimum atomic E-state index is -0.364. The minimum absolute atomic E-state index is 0.348. The first-order chi connectivity index (χ1) is 36.9. The molecule has 1 saturated heterocycles. The summed E-state index contributed by atoms with van der Waals surface area (Å²) in [5, 5.41) is 9.64. The molecule has 0 spiro atoms. The van der Waals surface area contributed by atoms with Gasteiger partial charge in [0.2, 0.25) is 0 Å². The fourth-order valence-electron chi connectivity index (χ4n) is 10.6. The molecule has 10 heteroatoms. The molecule has 0 radical (unpaired) electrons. The van der Waals surface area contributed by atoms with Crippen LogP contribution in [0.15, 0.2) is 236 Å². The summed E-state index contributed by atoms with van der Waals surface area (Å²) in [6.07, 6.45) is 0. The smallest absolute Gasteiger partial charge is 0.456 e. The lowest BCUT2D eigenvalue weighted by Gasteiger charge is -2.32. The van der Waals surface area contributed by atoms with Gasteiger partial charge in [0.1, 0.15) is 22.3 Å². The van der Waals surface area contributed by atoms with E-state index < -0.39 is 0 Å². The molecule has 10 aromatic carbocycles. The van der Waals surface area contributed by atoms with E-state index in [9.17, 15) is 0 Å². The molecule has 15 rings (SSSR count). The zero-order valence-corrected chi connectivity index (χ0v) is 47.4. The van der Waals surface area contributed by atoms with Crippen molar-refractivity contribution in [1.29, 1.82) is 0 Å². The number of aromatic nitrogens is 2. The van der Waals surface area contributed by atoms with Crippen LogP contribution >= 0.6 is 54.5 Å². The average molecular weight is 1230 g/mol. The van der Waals surface area contributed by atoms with E-state index in [4.69, 9.17) is 18.1 Å². The number of hydrogen-bond acceptors (Lipinski definition) is 4. The van der Waals surface area contributed by atoms with Crippen molar-refractivity contribution in [2.45, 2.75) is 38.9 Å². The molecule has 0 unspecified atom stereocenters. The Morgan fingerprint density at radius 1 is 0.368 bits per heavy atom. The number of hydrogen-bond donors (Lipinski definition) is 0. The van der Waals surface area contributed by atoms with Crippen LogP contribution in [-0.4, -0.2) is 27.5 Å². The van der Waals surface area contributed by atoms with Crippen LogP contribution in [0, 0.1) is 3.57 Å². The van der Waals surface area contributed by atoms with Crippen LogP contribution in [-0.2, 0) is 9.31 Å². The van der Waals surface area contributed by atoms with Crippen LogP contribution < -0.4 is 5.46 Å². The average Bonchev–Trinajstić information content (AvgIpc) is 4.21. The second-order valence-electron chi connectivity index (χ2n) is 20.3. The second-order valence-corrected chi connectivity index (χ2v) is 23.4. The Bertz CT molecular complexity index is 4470. The van der Waals surface area contributed by atoms with Crippen molar-refractivity contribution in [2.24, 2.45) is 0 Å². The van der Waals surface area contributed by atoms with E-state index in [1.807, 2.05) is 24.3 Å². The standard InChI is InChI=1S/C30H18BrNO.C24H24BNO2.C12H6BrIO/c31-21-12-15-26-25-14-11-20(17-29(25)33-30(26)18-21)19-10-13-24-23-8-4-5-9-27(23)32(28(24)16-19)22-6-2-1-3-7-22;1-23(2)24(3,4)28-25(27-23)17-14-15-20-19-12-8-9-13-21(19)26(22(20)16-17)18-10-6-5-7-11-18;13-7-1-3-9-10-4-2-8(14)6-12(10)15-11(9)5-7/h1-18H;5-16H,1-4H3;1-6H. The van der Waals surface area contributed by atoms with Crippen LogP contribution in [0.4, 0.5) is 0 Å². The normalized spacial score (nSPS) is 14.1. The van der Waals surface area contributed by atoms with Crippen LogP contribution in [0.1, 0.15) is 27.7 Å². The first-order valence-corrected chi connectivity index (χ1v) is 28.0. The van der Waals surface area contributed by atoms with Gasteiger partial charge in [0, 0.05) is 67.0 Å². The maximum atomic E-state index is 6.29. The van der Waals surface area contributed by atoms with Crippen molar-refractivity contribution >= 4 is 155 Å². The van der Waals surface area contributed by atoms with Gasteiger partial charge in [-0.25, -0.2) is 0 Å². The third-order valence-electron chi connectivity index (χ3n) is 15.1. The third-order valence-corrected chi connectivity index (χ3v) is 16.7. The van der Waals surface area contributed by atoms with Gasteiger partial charge < -0.3 is 27.3 Å². The Hall–Kier alpha value is -6.93. The molecule has 0 N–H and O–H groups in total. The molecule has 0 saturated carbocycles. The third kappa shape index (κ3) is 8.64. The molecule has 0 bridgehead atoms. The van der Waals surface area contributed by atoms with E-state index in [0.717, 1.165) is 58.8 Å². The fourth-order valence-corrected chi connectivity index (χ4v) is 11.8. The number of halogens is 3. The summed E-state index contributed by atoms with van der Waals surface area (Å²) in [5.74, 6) is 0. The molecule has 4 aromatic heterocycles. The predicted molar refractivity (Wildman–Crippen MR) is 332 cm³/mol. The highest BCUT2D eigenvalue weighted by Crippen LogP contribution is 2.40. The molecule has 370 valence electrons. The van der Waals surface area contributed by atoms with E-state index in [-0.39, 0.29) is 18.3 Å². The highest BCUT2D eigenvalue weighted by molar-refractivity contribution is 14.1. The van der Waals surface area contributed by atoms with E-state index in [1.54, 1.807) is 0 Å². The van der Waals surface area contributed by atoms with E-state index in [1.165, 1.54) is 69.2 Å². The quantitative estimate of drug-likeness (QED) is 0.130. The van der Waals surface area contributed by atoms with Gasteiger partial charge in [-0.1, -0.05) is 135 Å². The zero-order chi connectivity index (χ0) is 51.9. The molecule has 1 aliphatic heterocycles. The molecular weight excluding hydrogens is 1180 g/mol. The summed E-state index contributed by atoms with van der Waals surface area (Å²) in [6, 6.07) is 76.6. The van der Waals surface area contributed by atoms with Gasteiger partial charge in [0.25, 0.3) is 0 Å². The lowest BCUT2D eigenvalue weighted by atomic mass is 9.79. The van der Waals surface area contributed by atoms with Crippen molar-refractivity contribution in [3.63, 3.8) is 0 Å². The molecule has 0 atom stereocenters. The first-order valence-electron chi connectivity index (χ1n) is 25.3. The Kier molecular flexibility index (Phi) is 12.3. The Morgan fingerprint density at radius 2 is 0.763 bits per heavy atom. The zero-order valence-electron chi connectivity index (χ0n) is 42.0. The van der Waals surface area contributed by atoms with Crippen molar-refractivity contribution < 1.29 is 18.1 Å². The lowest BCUT2D eigenvalue weighted by molar-refractivity contribution is 0.00578. The summed E-state index contributed by atoms with van der Waals surface area (Å²) >= 11 is 9.27. The Morgan fingerprint density at radius 3 is 1.30 bits per heavy atom. The molecule has 76 heavy (non-hydrogen) atoms. The number of para-hydroxylation sites is 4. The maximum absolute atomic E-state index is 6.29. The number of rotatable bonds is 4. The van der Waals surface area contributed by atoms with Gasteiger partial charge in [-0.3, -0.25) is 0 Å². The Balaban J connectivity index is 0.000000116. The topological polar surface area (TPSA) is 54.6 Å². The number of nitrogens with zero attached hydrogens (tertiary/aromatic N) is 2. The molecule has 6 nitrogen and oxygen atoms in total. The molecule has 1 fully saturated rings.